The Morgan fingerprint density at radius 1 is 1.26 bits per heavy atom. The summed E-state index contributed by atoms with van der Waals surface area (Å²) in [4.78, 5) is 4.91. The van der Waals surface area contributed by atoms with Crippen molar-refractivity contribution < 1.29 is 5.11 Å². The molecule has 3 N–H and O–H groups in total. The van der Waals surface area contributed by atoms with Crippen molar-refractivity contribution in [3.8, 4) is 0 Å². The summed E-state index contributed by atoms with van der Waals surface area (Å²) < 4.78 is 0. The molecule has 2 atom stereocenters. The lowest BCUT2D eigenvalue weighted by molar-refractivity contribution is 0.00309. The van der Waals surface area contributed by atoms with Crippen molar-refractivity contribution in [3.05, 3.63) is 0 Å². The van der Waals surface area contributed by atoms with E-state index in [1.54, 1.807) is 0 Å². The van der Waals surface area contributed by atoms with Crippen LogP contribution in [0.3, 0.4) is 0 Å². The summed E-state index contributed by atoms with van der Waals surface area (Å²) >= 11 is 0. The fourth-order valence-electron chi connectivity index (χ4n) is 3.81. The van der Waals surface area contributed by atoms with Gasteiger partial charge >= 0.3 is 0 Å². The Kier molecular flexibility index (Phi) is 5.23. The van der Waals surface area contributed by atoms with Crippen LogP contribution in [-0.2, 0) is 0 Å². The van der Waals surface area contributed by atoms with E-state index in [1.165, 1.54) is 25.9 Å². The highest BCUT2D eigenvalue weighted by Gasteiger charge is 2.39. The molecule has 112 valence electrons. The van der Waals surface area contributed by atoms with Crippen LogP contribution < -0.4 is 5.73 Å². The van der Waals surface area contributed by atoms with Crippen LogP contribution in [0.5, 0.6) is 0 Å². The molecule has 2 unspecified atom stereocenters. The molecule has 2 fully saturated rings. The largest absolute Gasteiger partial charge is 0.388 e. The molecule has 2 aliphatic rings. The quantitative estimate of drug-likeness (QED) is 0.778. The van der Waals surface area contributed by atoms with E-state index in [9.17, 15) is 5.11 Å². The van der Waals surface area contributed by atoms with Gasteiger partial charge in [0.2, 0.25) is 0 Å². The number of nitrogens with two attached hydrogens (primary N) is 1. The first kappa shape index (κ1) is 15.2. The molecule has 0 aromatic heterocycles. The highest BCUT2D eigenvalue weighted by atomic mass is 16.3. The number of rotatable bonds is 5. The van der Waals surface area contributed by atoms with Crippen LogP contribution in [0.15, 0.2) is 0 Å². The van der Waals surface area contributed by atoms with Gasteiger partial charge in [0.25, 0.3) is 0 Å². The van der Waals surface area contributed by atoms with Gasteiger partial charge in [-0.25, -0.2) is 0 Å². The third kappa shape index (κ3) is 3.69. The second-order valence-electron chi connectivity index (χ2n) is 6.72. The highest BCUT2D eigenvalue weighted by molar-refractivity contribution is 4.93. The fourth-order valence-corrected chi connectivity index (χ4v) is 3.81. The van der Waals surface area contributed by atoms with E-state index in [0.717, 1.165) is 38.3 Å². The third-order valence-corrected chi connectivity index (χ3v) is 5.36. The van der Waals surface area contributed by atoms with Crippen LogP contribution in [0.2, 0.25) is 0 Å². The maximum absolute atomic E-state index is 10.5. The molecule has 0 spiro atoms. The van der Waals surface area contributed by atoms with E-state index in [1.807, 2.05) is 0 Å². The number of aliphatic hydroxyl groups is 1. The normalized spacial score (nSPS) is 34.3. The lowest BCUT2D eigenvalue weighted by atomic mass is 9.88. The summed E-state index contributed by atoms with van der Waals surface area (Å²) in [6.45, 7) is 3.97. The molecule has 0 radical (unpaired) electrons. The average molecular weight is 269 g/mol. The summed E-state index contributed by atoms with van der Waals surface area (Å²) in [5.41, 5.74) is 5.18. The van der Waals surface area contributed by atoms with Gasteiger partial charge < -0.3 is 20.6 Å². The van der Waals surface area contributed by atoms with Gasteiger partial charge in [-0.2, -0.15) is 0 Å². The number of nitrogens with zero attached hydrogens (tertiary/aromatic N) is 2. The Balaban J connectivity index is 1.72. The molecular formula is C15H31N3O. The van der Waals surface area contributed by atoms with Crippen LogP contribution in [0, 0.1) is 5.92 Å². The van der Waals surface area contributed by atoms with Crippen LogP contribution in [0.25, 0.3) is 0 Å². The number of hydrogen-bond donors (Lipinski definition) is 2. The van der Waals surface area contributed by atoms with Gasteiger partial charge in [-0.1, -0.05) is 6.42 Å². The molecule has 1 saturated carbocycles. The standard InChI is InChI=1S/C15H31N3O/c1-17(2)14-6-10-18(11-7-14)9-5-13-4-3-8-15(13,19)12-16/h13-14,19H,3-12,16H2,1-2H3. The predicted molar refractivity (Wildman–Crippen MR) is 79.1 cm³/mol. The Bertz CT molecular complexity index is 277. The molecule has 1 saturated heterocycles. The summed E-state index contributed by atoms with van der Waals surface area (Å²) in [7, 11) is 4.36. The van der Waals surface area contributed by atoms with E-state index in [0.29, 0.717) is 12.5 Å². The van der Waals surface area contributed by atoms with E-state index in [2.05, 4.69) is 23.9 Å². The van der Waals surface area contributed by atoms with Crippen molar-refractivity contribution in [1.29, 1.82) is 0 Å². The van der Waals surface area contributed by atoms with Crippen LogP contribution in [0.1, 0.15) is 38.5 Å². The van der Waals surface area contributed by atoms with E-state index < -0.39 is 5.60 Å². The Hall–Kier alpha value is -0.160. The molecule has 0 aromatic carbocycles. The van der Waals surface area contributed by atoms with E-state index in [4.69, 9.17) is 5.73 Å². The van der Waals surface area contributed by atoms with Crippen molar-refractivity contribution in [2.24, 2.45) is 11.7 Å². The molecule has 2 rings (SSSR count). The zero-order valence-electron chi connectivity index (χ0n) is 12.6. The predicted octanol–water partition coefficient (Wildman–Crippen LogP) is 0.892. The van der Waals surface area contributed by atoms with Crippen molar-refractivity contribution >= 4 is 0 Å². The summed E-state index contributed by atoms with van der Waals surface area (Å²) in [6, 6.07) is 0.753. The molecular weight excluding hydrogens is 238 g/mol. The monoisotopic (exact) mass is 269 g/mol. The van der Waals surface area contributed by atoms with E-state index in [-0.39, 0.29) is 0 Å². The van der Waals surface area contributed by atoms with Gasteiger partial charge in [0, 0.05) is 12.6 Å². The molecule has 1 aliphatic carbocycles. The highest BCUT2D eigenvalue weighted by Crippen LogP contribution is 2.37. The minimum Gasteiger partial charge on any atom is -0.388 e. The Morgan fingerprint density at radius 3 is 2.53 bits per heavy atom. The fraction of sp³-hybridized carbons (Fsp3) is 1.00. The molecule has 1 aliphatic heterocycles. The molecule has 0 bridgehead atoms. The molecule has 0 aromatic rings. The molecule has 19 heavy (non-hydrogen) atoms. The molecule has 1 heterocycles. The maximum atomic E-state index is 10.5. The van der Waals surface area contributed by atoms with Gasteiger partial charge in [0.1, 0.15) is 0 Å². The minimum absolute atomic E-state index is 0.420. The third-order valence-electron chi connectivity index (χ3n) is 5.36. The summed E-state index contributed by atoms with van der Waals surface area (Å²) in [6.07, 6.45) is 6.86. The number of likely N-dealkylation sites (tertiary alicyclic amines) is 1. The summed E-state index contributed by atoms with van der Waals surface area (Å²) in [5, 5.41) is 10.5. The van der Waals surface area contributed by atoms with Crippen LogP contribution in [-0.4, -0.2) is 66.8 Å². The summed E-state index contributed by atoms with van der Waals surface area (Å²) in [5.74, 6) is 0.420. The maximum Gasteiger partial charge on any atom is 0.0797 e. The van der Waals surface area contributed by atoms with E-state index >= 15 is 0 Å². The second kappa shape index (κ2) is 6.53. The van der Waals surface area contributed by atoms with Gasteiger partial charge in [-0.3, -0.25) is 0 Å². The van der Waals surface area contributed by atoms with Gasteiger partial charge in [0.05, 0.1) is 5.60 Å². The zero-order valence-corrected chi connectivity index (χ0v) is 12.6. The van der Waals surface area contributed by atoms with Crippen LogP contribution >= 0.6 is 0 Å². The van der Waals surface area contributed by atoms with Crippen molar-refractivity contribution in [1.82, 2.24) is 9.80 Å². The smallest absolute Gasteiger partial charge is 0.0797 e. The first-order valence-electron chi connectivity index (χ1n) is 7.86. The molecule has 4 nitrogen and oxygen atoms in total. The van der Waals surface area contributed by atoms with Gasteiger partial charge in [0.15, 0.2) is 0 Å². The first-order valence-corrected chi connectivity index (χ1v) is 7.86. The van der Waals surface area contributed by atoms with Crippen LogP contribution in [0.4, 0.5) is 0 Å². The molecule has 4 heteroatoms. The molecule has 0 amide bonds. The first-order chi connectivity index (χ1) is 9.05. The second-order valence-corrected chi connectivity index (χ2v) is 6.72. The Labute approximate surface area is 117 Å². The topological polar surface area (TPSA) is 52.7 Å². The zero-order chi connectivity index (χ0) is 13.9. The van der Waals surface area contributed by atoms with Crippen molar-refractivity contribution in [3.63, 3.8) is 0 Å². The average Bonchev–Trinajstić information content (AvgIpc) is 2.79. The SMILES string of the molecule is CN(C)C1CCN(CCC2CCCC2(O)CN)CC1. The van der Waals surface area contributed by atoms with Gasteiger partial charge in [-0.05, 0) is 71.8 Å². The van der Waals surface area contributed by atoms with Gasteiger partial charge in [-0.15, -0.1) is 0 Å². The van der Waals surface area contributed by atoms with Crippen molar-refractivity contribution in [2.45, 2.75) is 50.2 Å². The number of piperidine rings is 1. The Morgan fingerprint density at radius 2 is 1.95 bits per heavy atom. The lowest BCUT2D eigenvalue weighted by Gasteiger charge is -2.36. The van der Waals surface area contributed by atoms with Crippen molar-refractivity contribution in [2.75, 3.05) is 40.3 Å². The lowest BCUT2D eigenvalue weighted by Crippen LogP contribution is -2.45. The number of hydrogen-bond acceptors (Lipinski definition) is 4. The minimum atomic E-state index is -0.568.